The molecule has 2 aromatic carbocycles. The molecule has 158 valence electrons. The van der Waals surface area contributed by atoms with Crippen molar-refractivity contribution < 1.29 is 22.7 Å². The Balaban J connectivity index is 2.28. The molecule has 29 heavy (non-hydrogen) atoms. The van der Waals surface area contributed by atoms with Crippen molar-refractivity contribution in [1.29, 1.82) is 0 Å². The molecule has 0 radical (unpaired) electrons. The number of rotatable bonds is 6. The van der Waals surface area contributed by atoms with Crippen LogP contribution in [-0.2, 0) is 15.4 Å². The van der Waals surface area contributed by atoms with Crippen LogP contribution in [-0.4, -0.2) is 28.5 Å². The third-order valence-electron chi connectivity index (χ3n) is 4.51. The molecule has 0 aliphatic rings. The topological polar surface area (TPSA) is 93.7 Å². The highest BCUT2D eigenvalue weighted by Gasteiger charge is 2.24. The highest BCUT2D eigenvalue weighted by molar-refractivity contribution is 7.89. The van der Waals surface area contributed by atoms with Gasteiger partial charge in [0, 0.05) is 11.6 Å². The number of nitrogens with one attached hydrogen (secondary N) is 2. The molecule has 0 spiro atoms. The number of aryl methyl sites for hydroxylation is 2. The van der Waals surface area contributed by atoms with Gasteiger partial charge in [0.1, 0.15) is 11.5 Å². The summed E-state index contributed by atoms with van der Waals surface area (Å²) in [6.45, 7) is 9.68. The van der Waals surface area contributed by atoms with E-state index in [1.807, 2.05) is 12.1 Å². The Labute approximate surface area is 172 Å². The van der Waals surface area contributed by atoms with E-state index in [0.29, 0.717) is 22.6 Å². The van der Waals surface area contributed by atoms with Crippen LogP contribution in [0.15, 0.2) is 35.2 Å². The van der Waals surface area contributed by atoms with Gasteiger partial charge in [-0.1, -0.05) is 32.9 Å². The number of ether oxygens (including phenoxy) is 2. The van der Waals surface area contributed by atoms with Crippen molar-refractivity contribution in [3.63, 3.8) is 0 Å². The van der Waals surface area contributed by atoms with E-state index in [-0.39, 0.29) is 15.9 Å². The van der Waals surface area contributed by atoms with Gasteiger partial charge in [-0.15, -0.1) is 4.83 Å². The Bertz CT molecular complexity index is 979. The first-order valence-corrected chi connectivity index (χ1v) is 10.5. The highest BCUT2D eigenvalue weighted by atomic mass is 32.2. The molecule has 0 saturated carbocycles. The first kappa shape index (κ1) is 22.7. The van der Waals surface area contributed by atoms with Crippen molar-refractivity contribution in [3.8, 4) is 11.5 Å². The smallest absolute Gasteiger partial charge is 0.266 e. The molecule has 8 heteroatoms. The Morgan fingerprint density at radius 2 is 1.38 bits per heavy atom. The maximum atomic E-state index is 12.8. The Morgan fingerprint density at radius 1 is 0.897 bits per heavy atom. The molecule has 0 bridgehead atoms. The van der Waals surface area contributed by atoms with Crippen LogP contribution in [0.25, 0.3) is 0 Å². The summed E-state index contributed by atoms with van der Waals surface area (Å²) >= 11 is 0. The SMILES string of the molecule is COc1cc(OC)cc(C(=O)NNS(=O)(=O)c2c(C)cc(C(C)(C)C)cc2C)c1. The van der Waals surface area contributed by atoms with Crippen molar-refractivity contribution >= 4 is 15.9 Å². The van der Waals surface area contributed by atoms with Gasteiger partial charge in [0.05, 0.1) is 19.1 Å². The number of carbonyl (C=O) groups excluding carboxylic acids is 1. The summed E-state index contributed by atoms with van der Waals surface area (Å²) in [4.78, 5) is 14.8. The molecule has 0 unspecified atom stereocenters. The summed E-state index contributed by atoms with van der Waals surface area (Å²) < 4.78 is 36.0. The molecule has 0 heterocycles. The van der Waals surface area contributed by atoms with Crippen LogP contribution in [0.4, 0.5) is 0 Å². The van der Waals surface area contributed by atoms with Crippen molar-refractivity contribution in [2.75, 3.05) is 14.2 Å². The van der Waals surface area contributed by atoms with E-state index in [1.165, 1.54) is 26.4 Å². The fraction of sp³-hybridized carbons (Fsp3) is 0.381. The Hall–Kier alpha value is -2.58. The van der Waals surface area contributed by atoms with E-state index in [0.717, 1.165) is 5.56 Å². The van der Waals surface area contributed by atoms with Gasteiger partial charge in [-0.3, -0.25) is 10.2 Å². The van der Waals surface area contributed by atoms with Crippen molar-refractivity contribution in [1.82, 2.24) is 10.3 Å². The Kier molecular flexibility index (Phi) is 6.60. The largest absolute Gasteiger partial charge is 0.497 e. The number of amides is 1. The minimum Gasteiger partial charge on any atom is -0.497 e. The number of hydrogen-bond donors (Lipinski definition) is 2. The summed E-state index contributed by atoms with van der Waals surface area (Å²) in [5.41, 5.74) is 4.60. The first-order valence-electron chi connectivity index (χ1n) is 9.06. The van der Waals surface area contributed by atoms with Gasteiger partial charge in [0.15, 0.2) is 0 Å². The molecule has 0 atom stereocenters. The molecule has 0 aliphatic carbocycles. The van der Waals surface area contributed by atoms with Crippen LogP contribution < -0.4 is 19.7 Å². The summed E-state index contributed by atoms with van der Waals surface area (Å²) in [6, 6.07) is 8.30. The van der Waals surface area contributed by atoms with Crippen LogP contribution in [0.5, 0.6) is 11.5 Å². The van der Waals surface area contributed by atoms with Gasteiger partial charge in [-0.2, -0.15) is 0 Å². The molecular weight excluding hydrogens is 392 g/mol. The fourth-order valence-corrected chi connectivity index (χ4v) is 4.28. The minimum absolute atomic E-state index is 0.106. The lowest BCUT2D eigenvalue weighted by Crippen LogP contribution is -2.42. The highest BCUT2D eigenvalue weighted by Crippen LogP contribution is 2.29. The van der Waals surface area contributed by atoms with Crippen molar-refractivity contribution in [2.45, 2.75) is 44.9 Å². The standard InChI is InChI=1S/C21H28N2O5S/c1-13-8-16(21(3,4)5)9-14(2)19(13)29(25,26)23-22-20(24)15-10-17(27-6)12-18(11-15)28-7/h8-12,23H,1-7H3,(H,22,24). The van der Waals surface area contributed by atoms with Gasteiger partial charge < -0.3 is 9.47 Å². The van der Waals surface area contributed by atoms with E-state index in [4.69, 9.17) is 9.47 Å². The van der Waals surface area contributed by atoms with E-state index in [9.17, 15) is 13.2 Å². The normalized spacial score (nSPS) is 11.8. The number of sulfonamides is 1. The lowest BCUT2D eigenvalue weighted by Gasteiger charge is -2.22. The molecule has 1 amide bonds. The summed E-state index contributed by atoms with van der Waals surface area (Å²) in [5.74, 6) is 0.205. The number of hydrogen-bond acceptors (Lipinski definition) is 5. The van der Waals surface area contributed by atoms with E-state index in [1.54, 1.807) is 19.9 Å². The van der Waals surface area contributed by atoms with Gasteiger partial charge >= 0.3 is 0 Å². The molecule has 0 fully saturated rings. The van der Waals surface area contributed by atoms with Crippen molar-refractivity contribution in [2.24, 2.45) is 0 Å². The molecule has 2 N–H and O–H groups in total. The maximum Gasteiger partial charge on any atom is 0.266 e. The predicted octanol–water partition coefficient (Wildman–Crippen LogP) is 3.24. The third-order valence-corrected chi connectivity index (χ3v) is 6.06. The van der Waals surface area contributed by atoms with Gasteiger partial charge in [0.2, 0.25) is 0 Å². The lowest BCUT2D eigenvalue weighted by atomic mass is 9.85. The molecule has 2 rings (SSSR count). The van der Waals surface area contributed by atoms with Crippen molar-refractivity contribution in [3.05, 3.63) is 52.6 Å². The second-order valence-corrected chi connectivity index (χ2v) is 9.47. The second-order valence-electron chi connectivity index (χ2n) is 7.85. The number of benzene rings is 2. The zero-order valence-corrected chi connectivity index (χ0v) is 18.7. The average molecular weight is 421 g/mol. The van der Waals surface area contributed by atoms with E-state index in [2.05, 4.69) is 31.0 Å². The maximum absolute atomic E-state index is 12.8. The number of carbonyl (C=O) groups is 1. The van der Waals surface area contributed by atoms with Gasteiger partial charge in [0.25, 0.3) is 15.9 Å². The number of hydrazine groups is 1. The van der Waals surface area contributed by atoms with Gasteiger partial charge in [-0.05, 0) is 48.1 Å². The monoisotopic (exact) mass is 420 g/mol. The van der Waals surface area contributed by atoms with Crippen LogP contribution in [0.3, 0.4) is 0 Å². The Morgan fingerprint density at radius 3 is 1.79 bits per heavy atom. The zero-order chi connectivity index (χ0) is 22.0. The summed E-state index contributed by atoms with van der Waals surface area (Å²) in [5, 5.41) is 0. The van der Waals surface area contributed by atoms with Crippen LogP contribution >= 0.6 is 0 Å². The fourth-order valence-electron chi connectivity index (χ4n) is 2.98. The molecule has 0 aliphatic heterocycles. The average Bonchev–Trinajstić information content (AvgIpc) is 2.64. The van der Waals surface area contributed by atoms with E-state index >= 15 is 0 Å². The minimum atomic E-state index is -3.96. The summed E-state index contributed by atoms with van der Waals surface area (Å²) in [6.07, 6.45) is 0. The number of methoxy groups -OCH3 is 2. The zero-order valence-electron chi connectivity index (χ0n) is 17.8. The molecule has 0 saturated heterocycles. The van der Waals surface area contributed by atoms with Crippen LogP contribution in [0, 0.1) is 13.8 Å². The molecule has 0 aromatic heterocycles. The molecule has 2 aromatic rings. The van der Waals surface area contributed by atoms with Gasteiger partial charge in [-0.25, -0.2) is 8.42 Å². The van der Waals surface area contributed by atoms with Crippen LogP contribution in [0.1, 0.15) is 47.8 Å². The first-order chi connectivity index (χ1) is 13.4. The second kappa shape index (κ2) is 8.42. The predicted molar refractivity (Wildman–Crippen MR) is 112 cm³/mol. The summed E-state index contributed by atoms with van der Waals surface area (Å²) in [7, 11) is -1.03. The molecule has 7 nitrogen and oxygen atoms in total. The van der Waals surface area contributed by atoms with Crippen LogP contribution in [0.2, 0.25) is 0 Å². The van der Waals surface area contributed by atoms with E-state index < -0.39 is 15.9 Å². The lowest BCUT2D eigenvalue weighted by molar-refractivity contribution is 0.0944. The third kappa shape index (κ3) is 5.27. The quantitative estimate of drug-likeness (QED) is 0.700. The molecular formula is C21H28N2O5S.